The van der Waals surface area contributed by atoms with Gasteiger partial charge in [-0.3, -0.25) is 4.79 Å². The lowest BCUT2D eigenvalue weighted by Crippen LogP contribution is -2.35. The summed E-state index contributed by atoms with van der Waals surface area (Å²) in [6.45, 7) is 6.52. The molecule has 1 N–H and O–H groups in total. The van der Waals surface area contributed by atoms with E-state index in [2.05, 4.69) is 5.32 Å². The van der Waals surface area contributed by atoms with E-state index >= 15 is 0 Å². The average Bonchev–Trinajstić information content (AvgIpc) is 2.09. The molecule has 15 heavy (non-hydrogen) atoms. The summed E-state index contributed by atoms with van der Waals surface area (Å²) in [5, 5.41) is 2.41. The number of hydrogen-bond donors (Lipinski definition) is 1. The molecule has 1 radical (unpaired) electrons. The smallest absolute Gasteiger partial charge is 0.410 e. The maximum absolute atomic E-state index is 11.4. The minimum absolute atomic E-state index is 0.349. The highest BCUT2D eigenvalue weighted by Gasteiger charge is 2.18. The highest BCUT2D eigenvalue weighted by Crippen LogP contribution is 2.08. The molecule has 0 aliphatic rings. The van der Waals surface area contributed by atoms with Crippen molar-refractivity contribution in [3.05, 3.63) is 0 Å². The topological polar surface area (TPSA) is 58.6 Å². The Hall–Kier alpha value is -1.26. The number of carbonyl (C=O) groups excluding carboxylic acids is 2. The lowest BCUT2D eigenvalue weighted by atomic mass is 10.2. The minimum Gasteiger partial charge on any atom is -0.444 e. The molecule has 0 heterocycles. The van der Waals surface area contributed by atoms with Gasteiger partial charge in [0.15, 0.2) is 0 Å². The van der Waals surface area contributed by atoms with Crippen LogP contribution in [0.1, 0.15) is 27.2 Å². The van der Waals surface area contributed by atoms with Crippen LogP contribution in [0.5, 0.6) is 0 Å². The molecule has 5 nitrogen and oxygen atoms in total. The number of nitrogens with one attached hydrogen (secondary N) is 1. The van der Waals surface area contributed by atoms with Gasteiger partial charge in [0.05, 0.1) is 0 Å². The Labute approximate surface area is 90.8 Å². The molecule has 0 aromatic carbocycles. The quantitative estimate of drug-likeness (QED) is 0.547. The fourth-order valence-corrected chi connectivity index (χ4v) is 0.887. The van der Waals surface area contributed by atoms with Crippen LogP contribution in [-0.4, -0.2) is 43.1 Å². The van der Waals surface area contributed by atoms with Gasteiger partial charge in [0.25, 0.3) is 0 Å². The van der Waals surface area contributed by atoms with Crippen LogP contribution in [0.4, 0.5) is 4.79 Å². The molecular formula is C10H19N2O3. The summed E-state index contributed by atoms with van der Waals surface area (Å²) in [4.78, 5) is 22.7. The van der Waals surface area contributed by atoms with Crippen molar-refractivity contribution in [2.75, 3.05) is 20.1 Å². The van der Waals surface area contributed by atoms with Crippen molar-refractivity contribution in [2.45, 2.75) is 32.8 Å². The monoisotopic (exact) mass is 215 g/mol. The van der Waals surface area contributed by atoms with Crippen molar-refractivity contribution in [3.8, 4) is 0 Å². The highest BCUT2D eigenvalue weighted by atomic mass is 16.6. The second kappa shape index (κ2) is 6.27. The number of hydrogen-bond acceptors (Lipinski definition) is 3. The number of nitrogens with zero attached hydrogens (tertiary/aromatic N) is 1. The van der Waals surface area contributed by atoms with Crippen LogP contribution >= 0.6 is 0 Å². The fraction of sp³-hybridized carbons (Fsp3) is 0.800. The molecule has 0 aromatic heterocycles. The second-order valence-electron chi connectivity index (χ2n) is 4.28. The predicted octanol–water partition coefficient (Wildman–Crippen LogP) is 0.900. The summed E-state index contributed by atoms with van der Waals surface area (Å²) < 4.78 is 5.15. The Morgan fingerprint density at radius 1 is 1.47 bits per heavy atom. The summed E-state index contributed by atoms with van der Waals surface area (Å²) in [7, 11) is 1.67. The van der Waals surface area contributed by atoms with E-state index in [1.165, 1.54) is 4.90 Å². The molecule has 0 saturated heterocycles. The first kappa shape index (κ1) is 13.7. The van der Waals surface area contributed by atoms with Crippen LogP contribution in [-0.2, 0) is 9.53 Å². The van der Waals surface area contributed by atoms with Gasteiger partial charge >= 0.3 is 12.5 Å². The van der Waals surface area contributed by atoms with Crippen molar-refractivity contribution in [2.24, 2.45) is 0 Å². The normalized spacial score (nSPS) is 10.7. The summed E-state index contributed by atoms with van der Waals surface area (Å²) in [5.41, 5.74) is -0.472. The van der Waals surface area contributed by atoms with Gasteiger partial charge in [-0.1, -0.05) is 0 Å². The van der Waals surface area contributed by atoms with Crippen LogP contribution in [0.25, 0.3) is 0 Å². The molecule has 0 atom stereocenters. The van der Waals surface area contributed by atoms with Gasteiger partial charge < -0.3 is 15.0 Å². The molecule has 0 unspecified atom stereocenters. The Balaban J connectivity index is 3.74. The molecule has 2 amide bonds. The van der Waals surface area contributed by atoms with E-state index in [1.807, 2.05) is 20.8 Å². The molecule has 0 saturated carbocycles. The van der Waals surface area contributed by atoms with Crippen molar-refractivity contribution < 1.29 is 14.3 Å². The molecule has 0 bridgehead atoms. The first-order chi connectivity index (χ1) is 6.87. The van der Waals surface area contributed by atoms with Gasteiger partial charge in [-0.05, 0) is 27.2 Å². The predicted molar refractivity (Wildman–Crippen MR) is 57.2 cm³/mol. The zero-order valence-electron chi connectivity index (χ0n) is 9.79. The van der Waals surface area contributed by atoms with E-state index in [4.69, 9.17) is 4.74 Å². The van der Waals surface area contributed by atoms with Crippen LogP contribution in [0.3, 0.4) is 0 Å². The van der Waals surface area contributed by atoms with E-state index in [1.54, 1.807) is 13.5 Å². The SMILES string of the molecule is CN(CCCN[C]=O)C(=O)OC(C)(C)C. The molecular weight excluding hydrogens is 196 g/mol. The maximum Gasteiger partial charge on any atom is 0.410 e. The van der Waals surface area contributed by atoms with Gasteiger partial charge in [-0.15, -0.1) is 0 Å². The van der Waals surface area contributed by atoms with Crippen LogP contribution in [0.15, 0.2) is 0 Å². The molecule has 0 rings (SSSR count). The summed E-state index contributed by atoms with van der Waals surface area (Å²) in [6.07, 6.45) is 1.91. The molecule has 0 aliphatic carbocycles. The van der Waals surface area contributed by atoms with Crippen molar-refractivity contribution in [3.63, 3.8) is 0 Å². The first-order valence-corrected chi connectivity index (χ1v) is 4.91. The second-order valence-corrected chi connectivity index (χ2v) is 4.28. The molecule has 87 valence electrons. The minimum atomic E-state index is -0.472. The van der Waals surface area contributed by atoms with Crippen molar-refractivity contribution >= 4 is 12.5 Å². The van der Waals surface area contributed by atoms with Gasteiger partial charge in [-0.2, -0.15) is 0 Å². The van der Waals surface area contributed by atoms with E-state index in [0.717, 1.165) is 0 Å². The van der Waals surface area contributed by atoms with Gasteiger partial charge in [0.2, 0.25) is 0 Å². The zero-order chi connectivity index (χ0) is 11.9. The first-order valence-electron chi connectivity index (χ1n) is 4.91. The van der Waals surface area contributed by atoms with Crippen LogP contribution in [0.2, 0.25) is 0 Å². The van der Waals surface area contributed by atoms with E-state index in [9.17, 15) is 9.59 Å². The third kappa shape index (κ3) is 7.78. The maximum atomic E-state index is 11.4. The summed E-state index contributed by atoms with van der Waals surface area (Å²) in [6, 6.07) is 0. The largest absolute Gasteiger partial charge is 0.444 e. The number of carbonyl (C=O) groups is 1. The highest BCUT2D eigenvalue weighted by molar-refractivity contribution is 5.67. The van der Waals surface area contributed by atoms with Crippen molar-refractivity contribution in [1.29, 1.82) is 0 Å². The Morgan fingerprint density at radius 3 is 2.53 bits per heavy atom. The molecule has 5 heteroatoms. The van der Waals surface area contributed by atoms with Crippen LogP contribution < -0.4 is 5.32 Å². The molecule has 0 fully saturated rings. The fourth-order valence-electron chi connectivity index (χ4n) is 0.887. The molecule has 0 spiro atoms. The number of rotatable bonds is 5. The number of ether oxygens (including phenoxy) is 1. The molecule has 0 aliphatic heterocycles. The van der Waals surface area contributed by atoms with E-state index in [-0.39, 0.29) is 6.09 Å². The summed E-state index contributed by atoms with van der Waals surface area (Å²) >= 11 is 0. The Morgan fingerprint density at radius 2 is 2.07 bits per heavy atom. The number of amides is 2. The molecule has 0 aromatic rings. The standard InChI is InChI=1S/C10H19N2O3/c1-10(2,3)15-9(14)12(4)7-5-6-11-8-13/h5-7H2,1-4H3,(H,11,13). The summed E-state index contributed by atoms with van der Waals surface area (Å²) in [5.74, 6) is 0. The van der Waals surface area contributed by atoms with Gasteiger partial charge in [0, 0.05) is 20.1 Å². The van der Waals surface area contributed by atoms with Crippen LogP contribution in [0, 0.1) is 0 Å². The third-order valence-electron chi connectivity index (χ3n) is 1.57. The van der Waals surface area contributed by atoms with Gasteiger partial charge in [0.1, 0.15) is 5.60 Å². The van der Waals surface area contributed by atoms with Gasteiger partial charge in [-0.25, -0.2) is 4.79 Å². The van der Waals surface area contributed by atoms with E-state index in [0.29, 0.717) is 19.5 Å². The third-order valence-corrected chi connectivity index (χ3v) is 1.57. The van der Waals surface area contributed by atoms with Crippen molar-refractivity contribution in [1.82, 2.24) is 10.2 Å². The van der Waals surface area contributed by atoms with E-state index < -0.39 is 5.60 Å². The Kier molecular flexibility index (Phi) is 5.74. The lowest BCUT2D eigenvalue weighted by Gasteiger charge is -2.24. The lowest BCUT2D eigenvalue weighted by molar-refractivity contribution is 0.0298. The average molecular weight is 215 g/mol. The Bertz CT molecular complexity index is 211. The zero-order valence-corrected chi connectivity index (χ0v) is 9.79.